The van der Waals surface area contributed by atoms with Gasteiger partial charge < -0.3 is 10.6 Å². The molecule has 0 saturated carbocycles. The van der Waals surface area contributed by atoms with Gasteiger partial charge >= 0.3 is 0 Å². The topological polar surface area (TPSA) is 82.1 Å². The van der Waals surface area contributed by atoms with Gasteiger partial charge in [-0.25, -0.2) is 14.4 Å². The van der Waals surface area contributed by atoms with Gasteiger partial charge in [-0.3, -0.25) is 4.90 Å². The lowest BCUT2D eigenvalue weighted by atomic mass is 9.79. The van der Waals surface area contributed by atoms with E-state index in [9.17, 15) is 4.39 Å². The zero-order valence-corrected chi connectivity index (χ0v) is 26.8. The molecule has 1 aromatic heterocycles. The van der Waals surface area contributed by atoms with Gasteiger partial charge in [-0.2, -0.15) is 5.26 Å². The van der Waals surface area contributed by atoms with Gasteiger partial charge in [-0.05, 0) is 106 Å². The van der Waals surface area contributed by atoms with Crippen LogP contribution in [0.25, 0.3) is 0 Å². The number of nitrogens with zero attached hydrogens (tertiary/aromatic N) is 5. The van der Waals surface area contributed by atoms with Crippen LogP contribution in [0.15, 0.2) is 18.2 Å². The molecule has 0 bridgehead atoms. The van der Waals surface area contributed by atoms with Gasteiger partial charge in [0.05, 0.1) is 11.8 Å². The first-order valence-electron chi connectivity index (χ1n) is 16.4. The monoisotopic (exact) mass is 576 g/mol. The smallest absolute Gasteiger partial charge is 0.135 e. The van der Waals surface area contributed by atoms with Crippen LogP contribution >= 0.6 is 0 Å². The van der Waals surface area contributed by atoms with E-state index in [0.29, 0.717) is 12.5 Å². The number of aromatic nitrogens is 2. The van der Waals surface area contributed by atoms with Crippen molar-refractivity contribution in [2.45, 2.75) is 123 Å². The van der Waals surface area contributed by atoms with Crippen molar-refractivity contribution in [1.82, 2.24) is 14.9 Å². The summed E-state index contributed by atoms with van der Waals surface area (Å²) in [4.78, 5) is 14.9. The van der Waals surface area contributed by atoms with Gasteiger partial charge in [0.15, 0.2) is 0 Å². The third kappa shape index (κ3) is 7.61. The minimum Gasteiger partial charge on any atom is -0.399 e. The molecule has 2 aromatic rings. The second-order valence-electron chi connectivity index (χ2n) is 13.2. The number of hydrogen-bond donors (Lipinski definition) is 1. The van der Waals surface area contributed by atoms with E-state index >= 15 is 0 Å². The minimum atomic E-state index is -0.551. The van der Waals surface area contributed by atoms with Gasteiger partial charge in [-0.15, -0.1) is 0 Å². The van der Waals surface area contributed by atoms with Crippen molar-refractivity contribution in [3.63, 3.8) is 0 Å². The second kappa shape index (κ2) is 14.6. The fraction of sp³-hybridized carbons (Fsp3) is 0.686. The molecule has 1 aromatic carbocycles. The third-order valence-electron chi connectivity index (χ3n) is 9.69. The first-order valence-corrected chi connectivity index (χ1v) is 16.4. The Bertz CT molecular complexity index is 1220. The average Bonchev–Trinajstić information content (AvgIpc) is 3.46. The fourth-order valence-electron chi connectivity index (χ4n) is 7.61. The Labute approximate surface area is 253 Å². The van der Waals surface area contributed by atoms with E-state index < -0.39 is 6.17 Å². The van der Waals surface area contributed by atoms with Crippen LogP contribution in [0.3, 0.4) is 0 Å². The molecule has 4 atom stereocenters. The van der Waals surface area contributed by atoms with Gasteiger partial charge in [0.1, 0.15) is 17.8 Å². The number of hydrogen-bond acceptors (Lipinski definition) is 6. The van der Waals surface area contributed by atoms with Crippen molar-refractivity contribution >= 4 is 11.5 Å². The Hall–Kier alpha value is -2.72. The summed E-state index contributed by atoms with van der Waals surface area (Å²) in [5.74, 6) is 3.50. The predicted molar refractivity (Wildman–Crippen MR) is 172 cm³/mol. The van der Waals surface area contributed by atoms with Crippen LogP contribution in [0.4, 0.5) is 15.9 Å². The fourth-order valence-corrected chi connectivity index (χ4v) is 7.61. The summed E-state index contributed by atoms with van der Waals surface area (Å²) in [5, 5.41) is 7.32. The zero-order chi connectivity index (χ0) is 30.3. The molecule has 42 heavy (non-hydrogen) atoms. The van der Waals surface area contributed by atoms with Crippen molar-refractivity contribution < 1.29 is 4.39 Å². The van der Waals surface area contributed by atoms with Crippen molar-refractivity contribution in [3.05, 3.63) is 46.4 Å². The number of halogens is 1. The number of anilines is 2. The van der Waals surface area contributed by atoms with Gasteiger partial charge in [0.2, 0.25) is 0 Å². The number of rotatable bonds is 5. The third-order valence-corrected chi connectivity index (χ3v) is 9.69. The number of benzene rings is 1. The van der Waals surface area contributed by atoms with Crippen molar-refractivity contribution in [2.24, 2.45) is 5.92 Å². The molecule has 1 aliphatic carbocycles. The van der Waals surface area contributed by atoms with Crippen molar-refractivity contribution in [2.75, 3.05) is 36.8 Å². The van der Waals surface area contributed by atoms with Gasteiger partial charge in [0, 0.05) is 49.8 Å². The summed E-state index contributed by atoms with van der Waals surface area (Å²) in [6.45, 7) is 14.5. The quantitative estimate of drug-likeness (QED) is 0.379. The Morgan fingerprint density at radius 2 is 1.93 bits per heavy atom. The summed E-state index contributed by atoms with van der Waals surface area (Å²) in [5.41, 5.74) is 12.9. The van der Waals surface area contributed by atoms with Crippen LogP contribution in [-0.2, 0) is 25.7 Å². The van der Waals surface area contributed by atoms with E-state index in [4.69, 9.17) is 21.0 Å². The van der Waals surface area contributed by atoms with E-state index in [1.165, 1.54) is 73.7 Å². The number of fused-ring (bicyclic) bond motifs is 2. The molecule has 0 spiro atoms. The molecule has 0 amide bonds. The lowest BCUT2D eigenvalue weighted by molar-refractivity contribution is 0.217. The maximum absolute atomic E-state index is 12.8. The summed E-state index contributed by atoms with van der Waals surface area (Å²) in [6, 6.07) is 8.26. The lowest BCUT2D eigenvalue weighted by Gasteiger charge is -2.35. The summed E-state index contributed by atoms with van der Waals surface area (Å²) in [6.07, 6.45) is 11.7. The first-order chi connectivity index (χ1) is 20.2. The highest BCUT2D eigenvalue weighted by atomic mass is 19.1. The van der Waals surface area contributed by atoms with Crippen molar-refractivity contribution in [3.8, 4) is 6.07 Å². The van der Waals surface area contributed by atoms with Gasteiger partial charge in [0.25, 0.3) is 0 Å². The number of nitrogen functional groups attached to an aromatic ring is 1. The van der Waals surface area contributed by atoms with E-state index in [1.54, 1.807) is 6.07 Å². The highest BCUT2D eigenvalue weighted by molar-refractivity contribution is 5.53. The van der Waals surface area contributed by atoms with E-state index in [2.05, 4.69) is 55.7 Å². The first kappa shape index (κ1) is 32.2. The number of nitriles is 1. The molecule has 4 heterocycles. The van der Waals surface area contributed by atoms with Crippen LogP contribution in [0.1, 0.15) is 114 Å². The van der Waals surface area contributed by atoms with Crippen LogP contribution < -0.4 is 10.6 Å². The molecular formula is C35H53FN6. The molecular weight excluding hydrogens is 523 g/mol. The molecule has 6 rings (SSSR count). The molecule has 6 nitrogen and oxygen atoms in total. The number of nitrogens with two attached hydrogens (primary N) is 1. The van der Waals surface area contributed by atoms with Crippen LogP contribution in [0, 0.1) is 17.2 Å². The molecule has 7 heteroatoms. The maximum Gasteiger partial charge on any atom is 0.135 e. The molecule has 3 fully saturated rings. The van der Waals surface area contributed by atoms with E-state index in [0.717, 1.165) is 69.2 Å². The maximum atomic E-state index is 12.8. The van der Waals surface area contributed by atoms with E-state index in [-0.39, 0.29) is 5.54 Å². The summed E-state index contributed by atoms with van der Waals surface area (Å²) >= 11 is 0. The SMILES string of the molecule is CC#N.CC12CCCN1CC(F)C2.CCCc1ccc(N)cc1C1CCc2c(nc(CC)nc2N2CCCC(C)C2)C1. The standard InChI is InChI=1S/C25H36N4.C8H14FN.C2H3N/c1-4-7-18-9-11-20(26)15-22(18)19-10-12-21-23(14-19)27-24(5-2)28-25(21)29-13-6-8-17(3)16-29;1-8-3-2-4-10(8)6-7(9)5-8;1-2-3/h9,11,15,17,19H,4-8,10,12-14,16,26H2,1-3H3;7H,2-6H2,1H3;1H3. The molecule has 4 aliphatic rings. The highest BCUT2D eigenvalue weighted by Crippen LogP contribution is 2.40. The average molecular weight is 577 g/mol. The van der Waals surface area contributed by atoms with E-state index in [1.807, 2.05) is 0 Å². The Morgan fingerprint density at radius 1 is 1.14 bits per heavy atom. The molecule has 0 radical (unpaired) electrons. The zero-order valence-electron chi connectivity index (χ0n) is 26.8. The summed E-state index contributed by atoms with van der Waals surface area (Å²) < 4.78 is 12.8. The number of aryl methyl sites for hydroxylation is 2. The van der Waals surface area contributed by atoms with Crippen LogP contribution in [0.2, 0.25) is 0 Å². The Kier molecular flexibility index (Phi) is 11.2. The largest absolute Gasteiger partial charge is 0.399 e. The summed E-state index contributed by atoms with van der Waals surface area (Å²) in [7, 11) is 0. The predicted octanol–water partition coefficient (Wildman–Crippen LogP) is 7.20. The Balaban J connectivity index is 0.000000257. The molecule has 3 saturated heterocycles. The molecule has 4 unspecified atom stereocenters. The van der Waals surface area contributed by atoms with Crippen molar-refractivity contribution in [1.29, 1.82) is 5.26 Å². The normalized spacial score (nSPS) is 26.7. The minimum absolute atomic E-state index is 0.236. The number of alkyl halides is 1. The second-order valence-corrected chi connectivity index (χ2v) is 13.2. The van der Waals surface area contributed by atoms with Crippen LogP contribution in [0.5, 0.6) is 0 Å². The molecule has 3 aliphatic heterocycles. The molecule has 230 valence electrons. The Morgan fingerprint density at radius 3 is 2.62 bits per heavy atom. The van der Waals surface area contributed by atoms with Crippen LogP contribution in [-0.4, -0.2) is 52.8 Å². The number of piperidine rings is 1. The lowest BCUT2D eigenvalue weighted by Crippen LogP contribution is -2.36. The highest BCUT2D eigenvalue weighted by Gasteiger charge is 2.44. The van der Waals surface area contributed by atoms with Gasteiger partial charge in [-0.1, -0.05) is 33.3 Å². The molecule has 2 N–H and O–H groups in total.